The summed E-state index contributed by atoms with van der Waals surface area (Å²) in [5.74, 6) is -0.220. The number of benzene rings is 1. The number of rotatable bonds is 7. The second-order valence-electron chi connectivity index (χ2n) is 6.61. The van der Waals surface area contributed by atoms with Crippen LogP contribution in [0.15, 0.2) is 29.2 Å². The minimum atomic E-state index is -0.246. The molecule has 6 heteroatoms. The summed E-state index contributed by atoms with van der Waals surface area (Å²) in [6.45, 7) is 2.00. The molecule has 1 saturated carbocycles. The van der Waals surface area contributed by atoms with Gasteiger partial charge in [0, 0.05) is 42.7 Å². The maximum atomic E-state index is 12.3. The van der Waals surface area contributed by atoms with Gasteiger partial charge in [-0.2, -0.15) is 0 Å². The van der Waals surface area contributed by atoms with Crippen LogP contribution in [0, 0.1) is 5.92 Å². The highest BCUT2D eigenvalue weighted by atomic mass is 32.2. The Morgan fingerprint density at radius 2 is 2.04 bits per heavy atom. The SMILES string of the molecule is CSc1ccc(N2CC(C(=O)NCCN(C)C3CC3)CC2=O)cc1. The minimum Gasteiger partial charge on any atom is -0.355 e. The van der Waals surface area contributed by atoms with Gasteiger partial charge in [-0.05, 0) is 50.4 Å². The second-order valence-corrected chi connectivity index (χ2v) is 7.49. The zero-order chi connectivity index (χ0) is 17.1. The van der Waals surface area contributed by atoms with Gasteiger partial charge in [-0.25, -0.2) is 0 Å². The van der Waals surface area contributed by atoms with Crippen molar-refractivity contribution in [2.45, 2.75) is 30.2 Å². The highest BCUT2D eigenvalue weighted by molar-refractivity contribution is 7.98. The summed E-state index contributed by atoms with van der Waals surface area (Å²) in [5.41, 5.74) is 0.876. The van der Waals surface area contributed by atoms with E-state index in [1.54, 1.807) is 16.7 Å². The fourth-order valence-electron chi connectivity index (χ4n) is 3.09. The molecule has 5 nitrogen and oxygen atoms in total. The molecule has 130 valence electrons. The Kier molecular flexibility index (Phi) is 5.46. The Hall–Kier alpha value is -1.53. The van der Waals surface area contributed by atoms with Crippen LogP contribution in [0.3, 0.4) is 0 Å². The van der Waals surface area contributed by atoms with Gasteiger partial charge >= 0.3 is 0 Å². The van der Waals surface area contributed by atoms with E-state index in [2.05, 4.69) is 17.3 Å². The molecule has 1 aliphatic carbocycles. The summed E-state index contributed by atoms with van der Waals surface area (Å²) in [6.07, 6.45) is 4.86. The van der Waals surface area contributed by atoms with Crippen LogP contribution in [0.5, 0.6) is 0 Å². The van der Waals surface area contributed by atoms with Crippen LogP contribution in [0.2, 0.25) is 0 Å². The minimum absolute atomic E-state index is 0.00391. The third-order valence-electron chi connectivity index (χ3n) is 4.81. The quantitative estimate of drug-likeness (QED) is 0.766. The Labute approximate surface area is 147 Å². The van der Waals surface area contributed by atoms with E-state index in [1.807, 2.05) is 30.5 Å². The fraction of sp³-hybridized carbons (Fsp3) is 0.556. The maximum Gasteiger partial charge on any atom is 0.227 e. The molecule has 0 radical (unpaired) electrons. The maximum absolute atomic E-state index is 12.3. The molecular weight excluding hydrogens is 322 g/mol. The number of hydrogen-bond donors (Lipinski definition) is 1. The highest BCUT2D eigenvalue weighted by Crippen LogP contribution is 2.27. The molecule has 2 fully saturated rings. The van der Waals surface area contributed by atoms with Crippen molar-refractivity contribution in [2.24, 2.45) is 5.92 Å². The van der Waals surface area contributed by atoms with Crippen LogP contribution in [-0.4, -0.2) is 55.7 Å². The number of anilines is 1. The molecule has 3 rings (SSSR count). The molecule has 1 aromatic rings. The lowest BCUT2D eigenvalue weighted by atomic mass is 10.1. The molecule has 1 aliphatic heterocycles. The van der Waals surface area contributed by atoms with Crippen LogP contribution in [0.4, 0.5) is 5.69 Å². The average Bonchev–Trinajstić information content (AvgIpc) is 3.37. The van der Waals surface area contributed by atoms with Crippen molar-refractivity contribution < 1.29 is 9.59 Å². The molecule has 1 heterocycles. The zero-order valence-electron chi connectivity index (χ0n) is 14.3. The molecule has 1 atom stereocenters. The third kappa shape index (κ3) is 4.11. The van der Waals surface area contributed by atoms with Gasteiger partial charge in [-0.1, -0.05) is 0 Å². The molecule has 1 N–H and O–H groups in total. The smallest absolute Gasteiger partial charge is 0.227 e. The number of nitrogens with zero attached hydrogens (tertiary/aromatic N) is 2. The van der Waals surface area contributed by atoms with E-state index in [9.17, 15) is 9.59 Å². The van der Waals surface area contributed by atoms with Crippen molar-refractivity contribution in [1.29, 1.82) is 0 Å². The lowest BCUT2D eigenvalue weighted by Crippen LogP contribution is -2.38. The molecule has 0 bridgehead atoms. The lowest BCUT2D eigenvalue weighted by Gasteiger charge is -2.18. The Bertz CT molecular complexity index is 601. The Morgan fingerprint density at radius 1 is 1.33 bits per heavy atom. The number of amides is 2. The van der Waals surface area contributed by atoms with Crippen molar-refractivity contribution >= 4 is 29.3 Å². The van der Waals surface area contributed by atoms with Crippen molar-refractivity contribution in [1.82, 2.24) is 10.2 Å². The van der Waals surface area contributed by atoms with E-state index >= 15 is 0 Å². The summed E-state index contributed by atoms with van der Waals surface area (Å²) in [4.78, 5) is 29.8. The van der Waals surface area contributed by atoms with Crippen LogP contribution < -0.4 is 10.2 Å². The Balaban J connectivity index is 1.50. The topological polar surface area (TPSA) is 52.7 Å². The van der Waals surface area contributed by atoms with Crippen LogP contribution in [0.25, 0.3) is 0 Å². The van der Waals surface area contributed by atoms with Gasteiger partial charge in [0.2, 0.25) is 11.8 Å². The molecule has 2 aliphatic rings. The Morgan fingerprint density at radius 3 is 2.67 bits per heavy atom. The largest absolute Gasteiger partial charge is 0.355 e. The summed E-state index contributed by atoms with van der Waals surface area (Å²) in [6, 6.07) is 8.63. The van der Waals surface area contributed by atoms with Crippen LogP contribution in [0.1, 0.15) is 19.3 Å². The fourth-order valence-corrected chi connectivity index (χ4v) is 3.50. The number of nitrogens with one attached hydrogen (secondary N) is 1. The number of carbonyl (C=O) groups excluding carboxylic acids is 2. The van der Waals surface area contributed by atoms with E-state index in [1.165, 1.54) is 17.7 Å². The molecule has 24 heavy (non-hydrogen) atoms. The highest BCUT2D eigenvalue weighted by Gasteiger charge is 2.35. The van der Waals surface area contributed by atoms with E-state index in [0.717, 1.165) is 12.2 Å². The average molecular weight is 347 g/mol. The first-order valence-electron chi connectivity index (χ1n) is 8.51. The van der Waals surface area contributed by atoms with E-state index in [-0.39, 0.29) is 17.7 Å². The van der Waals surface area contributed by atoms with E-state index < -0.39 is 0 Å². The van der Waals surface area contributed by atoms with Crippen LogP contribution >= 0.6 is 11.8 Å². The summed E-state index contributed by atoms with van der Waals surface area (Å²) < 4.78 is 0. The third-order valence-corrected chi connectivity index (χ3v) is 5.56. The van der Waals surface area contributed by atoms with Crippen LogP contribution in [-0.2, 0) is 9.59 Å². The normalized spacial score (nSPS) is 20.7. The predicted octanol–water partition coefficient (Wildman–Crippen LogP) is 1.97. The summed E-state index contributed by atoms with van der Waals surface area (Å²) in [7, 11) is 2.10. The van der Waals surface area contributed by atoms with Gasteiger partial charge in [0.15, 0.2) is 0 Å². The standard InChI is InChI=1S/C18H25N3O2S/c1-20(14-3-4-14)10-9-19-18(23)13-11-17(22)21(12-13)15-5-7-16(24-2)8-6-15/h5-8,13-14H,3-4,9-12H2,1-2H3,(H,19,23). The predicted molar refractivity (Wildman–Crippen MR) is 97.3 cm³/mol. The second kappa shape index (κ2) is 7.57. The molecule has 0 aromatic heterocycles. The van der Waals surface area contributed by atoms with E-state index in [4.69, 9.17) is 0 Å². The number of carbonyl (C=O) groups is 2. The first kappa shape index (κ1) is 17.3. The molecule has 2 amide bonds. The van der Waals surface area contributed by atoms with Gasteiger partial charge < -0.3 is 15.1 Å². The summed E-state index contributed by atoms with van der Waals surface area (Å²) in [5, 5.41) is 2.99. The van der Waals surface area contributed by atoms with Gasteiger partial charge in [0.1, 0.15) is 0 Å². The molecule has 1 saturated heterocycles. The van der Waals surface area contributed by atoms with Gasteiger partial charge in [0.05, 0.1) is 5.92 Å². The van der Waals surface area contributed by atoms with Crippen molar-refractivity contribution in [2.75, 3.05) is 37.8 Å². The molecule has 0 spiro atoms. The van der Waals surface area contributed by atoms with Gasteiger partial charge in [-0.15, -0.1) is 11.8 Å². The first-order valence-corrected chi connectivity index (χ1v) is 9.73. The monoisotopic (exact) mass is 347 g/mol. The zero-order valence-corrected chi connectivity index (χ0v) is 15.1. The van der Waals surface area contributed by atoms with Crippen molar-refractivity contribution in [3.05, 3.63) is 24.3 Å². The van der Waals surface area contributed by atoms with Gasteiger partial charge in [-0.3, -0.25) is 9.59 Å². The molecule has 1 unspecified atom stereocenters. The van der Waals surface area contributed by atoms with Gasteiger partial charge in [0.25, 0.3) is 0 Å². The van der Waals surface area contributed by atoms with Crippen molar-refractivity contribution in [3.63, 3.8) is 0 Å². The molecular formula is C18H25N3O2S. The molecule has 1 aromatic carbocycles. The number of thioether (sulfide) groups is 1. The first-order chi connectivity index (χ1) is 11.6. The lowest BCUT2D eigenvalue weighted by molar-refractivity contribution is -0.126. The number of likely N-dealkylation sites (N-methyl/N-ethyl adjacent to an activating group) is 1. The number of hydrogen-bond acceptors (Lipinski definition) is 4. The van der Waals surface area contributed by atoms with Crippen molar-refractivity contribution in [3.8, 4) is 0 Å². The van der Waals surface area contributed by atoms with E-state index in [0.29, 0.717) is 25.6 Å². The summed E-state index contributed by atoms with van der Waals surface area (Å²) >= 11 is 1.67.